The molecular weight excluding hydrogens is 398 g/mol. The number of halogens is 2. The number of fused-ring (bicyclic) bond motifs is 5. The van der Waals surface area contributed by atoms with Crippen LogP contribution in [0.3, 0.4) is 0 Å². The van der Waals surface area contributed by atoms with Gasteiger partial charge in [-0.1, -0.05) is 20.8 Å². The second-order valence-electron chi connectivity index (χ2n) is 12.0. The molecule has 0 saturated heterocycles. The van der Waals surface area contributed by atoms with Gasteiger partial charge < -0.3 is 9.84 Å². The third kappa shape index (κ3) is 3.85. The molecular formula is C26H42F2O3. The minimum absolute atomic E-state index is 0.0212. The number of aliphatic hydroxyl groups excluding tert-OH is 1. The summed E-state index contributed by atoms with van der Waals surface area (Å²) in [5, 5.41) is 10.2. The second kappa shape index (κ2) is 8.25. The predicted molar refractivity (Wildman–Crippen MR) is 117 cm³/mol. The Bertz CT molecular complexity index is 682. The average Bonchev–Trinajstić information content (AvgIpc) is 3.06. The molecule has 31 heavy (non-hydrogen) atoms. The summed E-state index contributed by atoms with van der Waals surface area (Å²) in [6, 6.07) is 0. The van der Waals surface area contributed by atoms with E-state index in [1.165, 1.54) is 7.11 Å². The van der Waals surface area contributed by atoms with E-state index < -0.39 is 17.9 Å². The predicted octanol–water partition coefficient (Wildman–Crippen LogP) is 6.23. The topological polar surface area (TPSA) is 46.5 Å². The van der Waals surface area contributed by atoms with Crippen LogP contribution in [0.5, 0.6) is 0 Å². The van der Waals surface area contributed by atoms with Gasteiger partial charge in [0, 0.05) is 18.8 Å². The lowest BCUT2D eigenvalue weighted by molar-refractivity contribution is -0.238. The Morgan fingerprint density at radius 1 is 1.10 bits per heavy atom. The van der Waals surface area contributed by atoms with Crippen LogP contribution in [0, 0.1) is 46.3 Å². The molecule has 4 rings (SSSR count). The van der Waals surface area contributed by atoms with Gasteiger partial charge >= 0.3 is 5.97 Å². The molecule has 4 fully saturated rings. The molecule has 1 N–H and O–H groups in total. The summed E-state index contributed by atoms with van der Waals surface area (Å²) < 4.78 is 36.3. The zero-order chi connectivity index (χ0) is 22.6. The molecule has 0 heterocycles. The second-order valence-corrected chi connectivity index (χ2v) is 12.0. The molecule has 178 valence electrons. The number of esters is 1. The van der Waals surface area contributed by atoms with Crippen LogP contribution in [-0.4, -0.2) is 30.2 Å². The molecule has 1 unspecified atom stereocenters. The molecule has 0 aliphatic heterocycles. The number of methoxy groups -OCH3 is 1. The number of carbonyl (C=O) groups is 1. The maximum absolute atomic E-state index is 15.7. The van der Waals surface area contributed by atoms with Crippen LogP contribution < -0.4 is 0 Å². The summed E-state index contributed by atoms with van der Waals surface area (Å²) in [6.45, 7) is 6.83. The molecule has 0 bridgehead atoms. The molecule has 4 aliphatic carbocycles. The van der Waals surface area contributed by atoms with Crippen LogP contribution in [0.1, 0.15) is 91.4 Å². The first-order chi connectivity index (χ1) is 14.5. The third-order valence-electron chi connectivity index (χ3n) is 10.7. The zero-order valence-corrected chi connectivity index (χ0v) is 19.8. The van der Waals surface area contributed by atoms with Crippen LogP contribution in [0.25, 0.3) is 0 Å². The molecule has 3 nitrogen and oxygen atoms in total. The normalized spacial score (nSPS) is 47.1. The van der Waals surface area contributed by atoms with Gasteiger partial charge in [0.15, 0.2) is 0 Å². The number of hydrogen-bond acceptors (Lipinski definition) is 3. The minimum Gasteiger partial charge on any atom is -0.469 e. The van der Waals surface area contributed by atoms with E-state index in [0.717, 1.165) is 51.4 Å². The van der Waals surface area contributed by atoms with E-state index in [0.29, 0.717) is 24.7 Å². The van der Waals surface area contributed by atoms with Gasteiger partial charge in [-0.05, 0) is 98.2 Å². The highest BCUT2D eigenvalue weighted by Crippen LogP contribution is 2.71. The fourth-order valence-electron chi connectivity index (χ4n) is 8.98. The van der Waals surface area contributed by atoms with Gasteiger partial charge in [0.2, 0.25) is 0 Å². The maximum atomic E-state index is 15.7. The van der Waals surface area contributed by atoms with Crippen molar-refractivity contribution in [2.45, 2.75) is 103 Å². The summed E-state index contributed by atoms with van der Waals surface area (Å²) in [4.78, 5) is 11.5. The number of alkyl halides is 2. The number of hydrogen-bond donors (Lipinski definition) is 1. The first-order valence-corrected chi connectivity index (χ1v) is 12.7. The molecule has 0 aromatic carbocycles. The Morgan fingerprint density at radius 2 is 1.77 bits per heavy atom. The number of aliphatic hydroxyl groups is 1. The summed E-state index contributed by atoms with van der Waals surface area (Å²) in [5.74, 6) is -2.25. The third-order valence-corrected chi connectivity index (χ3v) is 10.7. The van der Waals surface area contributed by atoms with Crippen LogP contribution in [0.2, 0.25) is 0 Å². The Hall–Kier alpha value is -0.710. The lowest BCUT2D eigenvalue weighted by atomic mass is 9.43. The monoisotopic (exact) mass is 440 g/mol. The van der Waals surface area contributed by atoms with E-state index in [-0.39, 0.29) is 41.0 Å². The maximum Gasteiger partial charge on any atom is 0.305 e. The van der Waals surface area contributed by atoms with Gasteiger partial charge in [-0.15, -0.1) is 0 Å². The highest BCUT2D eigenvalue weighted by atomic mass is 19.3. The lowest BCUT2D eigenvalue weighted by Gasteiger charge is -2.63. The van der Waals surface area contributed by atoms with E-state index in [4.69, 9.17) is 4.74 Å². The Balaban J connectivity index is 1.52. The largest absolute Gasteiger partial charge is 0.469 e. The molecule has 4 saturated carbocycles. The fraction of sp³-hybridized carbons (Fsp3) is 0.962. The first-order valence-electron chi connectivity index (χ1n) is 12.7. The van der Waals surface area contributed by atoms with Crippen molar-refractivity contribution in [3.8, 4) is 0 Å². The highest BCUT2D eigenvalue weighted by Gasteiger charge is 2.68. The first kappa shape index (κ1) is 23.4. The summed E-state index contributed by atoms with van der Waals surface area (Å²) in [6.07, 6.45) is 7.92. The number of carbonyl (C=O) groups excluding carboxylic acids is 1. The molecule has 0 spiro atoms. The van der Waals surface area contributed by atoms with Crippen LogP contribution in [-0.2, 0) is 9.53 Å². The highest BCUT2D eigenvalue weighted by molar-refractivity contribution is 5.68. The minimum atomic E-state index is -2.62. The molecule has 5 heteroatoms. The zero-order valence-electron chi connectivity index (χ0n) is 19.8. The van der Waals surface area contributed by atoms with Gasteiger partial charge in [-0.2, -0.15) is 0 Å². The van der Waals surface area contributed by atoms with E-state index >= 15 is 8.78 Å². The molecule has 0 aromatic rings. The number of ether oxygens (including phenoxy) is 1. The Morgan fingerprint density at radius 3 is 2.48 bits per heavy atom. The summed E-state index contributed by atoms with van der Waals surface area (Å²) in [7, 11) is 1.43. The van der Waals surface area contributed by atoms with Crippen molar-refractivity contribution < 1.29 is 23.4 Å². The van der Waals surface area contributed by atoms with Crippen LogP contribution >= 0.6 is 0 Å². The van der Waals surface area contributed by atoms with Crippen molar-refractivity contribution in [2.24, 2.45) is 46.3 Å². The standard InChI is InChI=1S/C26H42F2O3/c1-16(6-5-7-22(30)31-4)19-8-9-20-23-21(11-13-25(19,20)3)24(2)12-10-18(29)14-17(24)15-26(23,27)28/h16-21,23,29H,5-15H2,1-4H3/t16-,17?,18+,19-,20+,21+,23+,24+,25-/m1/s1. The van der Waals surface area contributed by atoms with Gasteiger partial charge in [-0.3, -0.25) is 4.79 Å². The average molecular weight is 441 g/mol. The fourth-order valence-corrected chi connectivity index (χ4v) is 8.98. The van der Waals surface area contributed by atoms with Crippen molar-refractivity contribution in [3.05, 3.63) is 0 Å². The SMILES string of the molecule is COC(=O)CCC[C@@H](C)[C@H]1CC[C@H]2[C@H]3[C@H](CC[C@]12C)[C@@]1(C)CC[C@H](O)CC1CC3(F)F. The van der Waals surface area contributed by atoms with Gasteiger partial charge in [0.25, 0.3) is 5.92 Å². The Kier molecular flexibility index (Phi) is 6.24. The molecule has 0 radical (unpaired) electrons. The molecule has 4 aliphatic rings. The molecule has 0 aromatic heterocycles. The van der Waals surface area contributed by atoms with Gasteiger partial charge in [-0.25, -0.2) is 8.78 Å². The quantitative estimate of drug-likeness (QED) is 0.516. The van der Waals surface area contributed by atoms with Crippen LogP contribution in [0.4, 0.5) is 8.78 Å². The van der Waals surface area contributed by atoms with Crippen molar-refractivity contribution in [2.75, 3.05) is 7.11 Å². The molecule has 9 atom stereocenters. The summed E-state index contributed by atoms with van der Waals surface area (Å²) in [5.41, 5.74) is -0.0657. The van der Waals surface area contributed by atoms with E-state index in [1.807, 2.05) is 0 Å². The van der Waals surface area contributed by atoms with Crippen LogP contribution in [0.15, 0.2) is 0 Å². The molecule has 0 amide bonds. The van der Waals surface area contributed by atoms with Crippen molar-refractivity contribution in [1.82, 2.24) is 0 Å². The van der Waals surface area contributed by atoms with Gasteiger partial charge in [0.1, 0.15) is 0 Å². The van der Waals surface area contributed by atoms with Crippen molar-refractivity contribution in [1.29, 1.82) is 0 Å². The Labute approximate surface area is 186 Å². The van der Waals surface area contributed by atoms with Crippen molar-refractivity contribution >= 4 is 5.97 Å². The van der Waals surface area contributed by atoms with E-state index in [1.54, 1.807) is 0 Å². The lowest BCUT2D eigenvalue weighted by Crippen LogP contribution is -2.61. The van der Waals surface area contributed by atoms with E-state index in [2.05, 4.69) is 20.8 Å². The van der Waals surface area contributed by atoms with Gasteiger partial charge in [0.05, 0.1) is 13.2 Å². The smallest absolute Gasteiger partial charge is 0.305 e. The summed E-state index contributed by atoms with van der Waals surface area (Å²) >= 11 is 0. The number of rotatable bonds is 5. The van der Waals surface area contributed by atoms with E-state index in [9.17, 15) is 9.90 Å². The van der Waals surface area contributed by atoms with Crippen molar-refractivity contribution in [3.63, 3.8) is 0 Å².